The van der Waals surface area contributed by atoms with Gasteiger partial charge in [0.2, 0.25) is 5.91 Å². The van der Waals surface area contributed by atoms with Crippen LogP contribution < -0.4 is 5.32 Å². The van der Waals surface area contributed by atoms with E-state index in [1.165, 1.54) is 17.3 Å². The molecule has 9 nitrogen and oxygen atoms in total. The molecular formula is C20H20N6O3S. The van der Waals surface area contributed by atoms with Crippen LogP contribution in [-0.4, -0.2) is 36.7 Å². The van der Waals surface area contributed by atoms with Gasteiger partial charge in [-0.25, -0.2) is 4.63 Å². The summed E-state index contributed by atoms with van der Waals surface area (Å²) in [5, 5.41) is 19.3. The molecule has 0 aliphatic heterocycles. The summed E-state index contributed by atoms with van der Waals surface area (Å²) in [4.78, 5) is 12.3. The molecule has 0 saturated heterocycles. The Bertz CT molecular complexity index is 1160. The summed E-state index contributed by atoms with van der Waals surface area (Å²) < 4.78 is 12.0. The number of furan rings is 1. The van der Waals surface area contributed by atoms with Crippen molar-refractivity contribution in [2.45, 2.75) is 32.3 Å². The van der Waals surface area contributed by atoms with Gasteiger partial charge in [0, 0.05) is 5.69 Å². The lowest BCUT2D eigenvalue weighted by Gasteiger charge is -2.10. The summed E-state index contributed by atoms with van der Waals surface area (Å²) in [7, 11) is 0. The predicted molar refractivity (Wildman–Crippen MR) is 112 cm³/mol. The second kappa shape index (κ2) is 8.54. The van der Waals surface area contributed by atoms with Gasteiger partial charge in [-0.15, -0.1) is 10.2 Å². The quantitative estimate of drug-likeness (QED) is 0.446. The average molecular weight is 424 g/mol. The van der Waals surface area contributed by atoms with Gasteiger partial charge in [-0.05, 0) is 49.2 Å². The highest BCUT2D eigenvalue weighted by atomic mass is 32.2. The van der Waals surface area contributed by atoms with Gasteiger partial charge in [0.15, 0.2) is 16.8 Å². The second-order valence-corrected chi connectivity index (χ2v) is 7.53. The lowest BCUT2D eigenvalue weighted by molar-refractivity contribution is -0.113. The highest BCUT2D eigenvalue weighted by Crippen LogP contribution is 2.30. The lowest BCUT2D eigenvalue weighted by Crippen LogP contribution is -2.15. The number of rotatable bonds is 7. The lowest BCUT2D eigenvalue weighted by atomic mass is 10.1. The zero-order valence-corrected chi connectivity index (χ0v) is 17.6. The molecule has 154 valence electrons. The van der Waals surface area contributed by atoms with Crippen molar-refractivity contribution in [3.63, 3.8) is 0 Å². The molecule has 0 radical (unpaired) electrons. The van der Waals surface area contributed by atoms with E-state index in [1.54, 1.807) is 13.2 Å². The van der Waals surface area contributed by atoms with Crippen LogP contribution in [0.5, 0.6) is 0 Å². The zero-order valence-electron chi connectivity index (χ0n) is 16.7. The standard InChI is InChI=1S/C20H20N6O3S/c1-4-14-5-7-15(8-6-14)26-19(16-9-10-28-13(16)3)22-23-20(26)30-11-17(27)21-18-12(2)24-29-25-18/h5-10H,4,11H2,1-3H3,(H,21,25,27). The van der Waals surface area contributed by atoms with E-state index >= 15 is 0 Å². The van der Waals surface area contributed by atoms with Crippen LogP contribution in [0.1, 0.15) is 23.9 Å². The Labute approximate surface area is 176 Å². The molecule has 1 amide bonds. The first kappa shape index (κ1) is 19.9. The highest BCUT2D eigenvalue weighted by Gasteiger charge is 2.20. The second-order valence-electron chi connectivity index (χ2n) is 6.59. The number of amides is 1. The van der Waals surface area contributed by atoms with Crippen molar-refractivity contribution in [1.82, 2.24) is 25.1 Å². The molecule has 0 fully saturated rings. The fourth-order valence-electron chi connectivity index (χ4n) is 2.91. The van der Waals surface area contributed by atoms with Crippen LogP contribution in [-0.2, 0) is 11.2 Å². The first-order valence-corrected chi connectivity index (χ1v) is 10.4. The van der Waals surface area contributed by atoms with Crippen molar-refractivity contribution in [3.05, 3.63) is 53.6 Å². The van der Waals surface area contributed by atoms with Crippen molar-refractivity contribution in [1.29, 1.82) is 0 Å². The topological polar surface area (TPSA) is 112 Å². The average Bonchev–Trinajstić information content (AvgIpc) is 3.47. The first-order chi connectivity index (χ1) is 14.6. The summed E-state index contributed by atoms with van der Waals surface area (Å²) in [5.74, 6) is 1.60. The minimum Gasteiger partial charge on any atom is -0.469 e. The summed E-state index contributed by atoms with van der Waals surface area (Å²) in [5.41, 5.74) is 3.51. The number of benzene rings is 1. The molecule has 3 aromatic heterocycles. The van der Waals surface area contributed by atoms with Gasteiger partial charge in [-0.1, -0.05) is 36.0 Å². The molecule has 30 heavy (non-hydrogen) atoms. The first-order valence-electron chi connectivity index (χ1n) is 9.37. The van der Waals surface area contributed by atoms with Crippen LogP contribution in [0, 0.1) is 13.8 Å². The number of carbonyl (C=O) groups excluding carboxylic acids is 1. The van der Waals surface area contributed by atoms with Gasteiger partial charge in [0.05, 0.1) is 17.6 Å². The SMILES string of the molecule is CCc1ccc(-n2c(SCC(=O)Nc3nonc3C)nnc2-c2ccoc2C)cc1. The monoisotopic (exact) mass is 424 g/mol. The molecule has 0 aliphatic carbocycles. The van der Waals surface area contributed by atoms with Crippen molar-refractivity contribution >= 4 is 23.5 Å². The number of nitrogens with one attached hydrogen (secondary N) is 1. The van der Waals surface area contributed by atoms with Gasteiger partial charge in [-0.3, -0.25) is 9.36 Å². The van der Waals surface area contributed by atoms with Crippen molar-refractivity contribution in [2.24, 2.45) is 0 Å². The van der Waals surface area contributed by atoms with Crippen LogP contribution >= 0.6 is 11.8 Å². The molecule has 3 heterocycles. The van der Waals surface area contributed by atoms with E-state index in [0.717, 1.165) is 23.4 Å². The summed E-state index contributed by atoms with van der Waals surface area (Å²) in [6.45, 7) is 5.69. The van der Waals surface area contributed by atoms with Crippen molar-refractivity contribution < 1.29 is 13.8 Å². The molecule has 1 N–H and O–H groups in total. The van der Waals surface area contributed by atoms with E-state index in [4.69, 9.17) is 4.42 Å². The van der Waals surface area contributed by atoms with E-state index in [0.29, 0.717) is 22.5 Å². The number of thioether (sulfide) groups is 1. The molecule has 4 aromatic rings. The minimum atomic E-state index is -0.240. The maximum absolute atomic E-state index is 12.3. The van der Waals surface area contributed by atoms with Crippen molar-refractivity contribution in [3.8, 4) is 17.1 Å². The summed E-state index contributed by atoms with van der Waals surface area (Å²) in [6, 6.07) is 10.1. The van der Waals surface area contributed by atoms with Crippen LogP contribution in [0.4, 0.5) is 5.82 Å². The Balaban J connectivity index is 1.62. The Morgan fingerprint density at radius 1 is 1.13 bits per heavy atom. The Morgan fingerprint density at radius 3 is 2.57 bits per heavy atom. The predicted octanol–water partition coefficient (Wildman–Crippen LogP) is 3.82. The van der Waals surface area contributed by atoms with Gasteiger partial charge in [-0.2, -0.15) is 0 Å². The van der Waals surface area contributed by atoms with Gasteiger partial charge < -0.3 is 9.73 Å². The van der Waals surface area contributed by atoms with Crippen LogP contribution in [0.15, 0.2) is 50.8 Å². The molecule has 0 unspecified atom stereocenters. The van der Waals surface area contributed by atoms with Crippen LogP contribution in [0.3, 0.4) is 0 Å². The van der Waals surface area contributed by atoms with Gasteiger partial charge >= 0.3 is 0 Å². The fraction of sp³-hybridized carbons (Fsp3) is 0.250. The number of aromatic nitrogens is 5. The number of carbonyl (C=O) groups is 1. The maximum Gasteiger partial charge on any atom is 0.236 e. The highest BCUT2D eigenvalue weighted by molar-refractivity contribution is 7.99. The Morgan fingerprint density at radius 2 is 1.93 bits per heavy atom. The van der Waals surface area contributed by atoms with Crippen LogP contribution in [0.25, 0.3) is 17.1 Å². The Kier molecular flexibility index (Phi) is 5.66. The third-order valence-corrected chi connectivity index (χ3v) is 5.51. The number of nitrogens with zero attached hydrogens (tertiary/aromatic N) is 5. The molecule has 0 bridgehead atoms. The largest absolute Gasteiger partial charge is 0.469 e. The molecule has 0 saturated carbocycles. The minimum absolute atomic E-state index is 0.127. The van der Waals surface area contributed by atoms with E-state index in [-0.39, 0.29) is 11.7 Å². The summed E-state index contributed by atoms with van der Waals surface area (Å²) in [6.07, 6.45) is 2.58. The third-order valence-electron chi connectivity index (χ3n) is 4.58. The molecule has 0 atom stereocenters. The Hall–Kier alpha value is -3.40. The molecule has 0 aliphatic rings. The molecular weight excluding hydrogens is 404 g/mol. The summed E-state index contributed by atoms with van der Waals surface area (Å²) >= 11 is 1.28. The van der Waals surface area contributed by atoms with E-state index in [9.17, 15) is 4.79 Å². The molecule has 0 spiro atoms. The molecule has 10 heteroatoms. The zero-order chi connectivity index (χ0) is 21.1. The van der Waals surface area contributed by atoms with Gasteiger partial charge in [0.1, 0.15) is 11.5 Å². The van der Waals surface area contributed by atoms with E-state index < -0.39 is 0 Å². The molecule has 1 aromatic carbocycles. The van der Waals surface area contributed by atoms with Crippen molar-refractivity contribution in [2.75, 3.05) is 11.1 Å². The van der Waals surface area contributed by atoms with E-state index in [2.05, 4.69) is 49.5 Å². The number of hydrogen-bond donors (Lipinski definition) is 1. The number of hydrogen-bond acceptors (Lipinski definition) is 8. The maximum atomic E-state index is 12.3. The molecule has 4 rings (SSSR count). The van der Waals surface area contributed by atoms with Crippen LogP contribution in [0.2, 0.25) is 0 Å². The smallest absolute Gasteiger partial charge is 0.236 e. The number of aryl methyl sites for hydroxylation is 3. The van der Waals surface area contributed by atoms with Gasteiger partial charge in [0.25, 0.3) is 0 Å². The third kappa shape index (κ3) is 3.99. The normalized spacial score (nSPS) is 11.0. The number of anilines is 1. The van der Waals surface area contributed by atoms with E-state index in [1.807, 2.05) is 29.7 Å². The fourth-order valence-corrected chi connectivity index (χ4v) is 3.66.